The Labute approximate surface area is 215 Å². The predicted octanol–water partition coefficient (Wildman–Crippen LogP) is 4.35. The van der Waals surface area contributed by atoms with Gasteiger partial charge >= 0.3 is 0 Å². The van der Waals surface area contributed by atoms with Crippen LogP contribution in [0.25, 0.3) is 0 Å². The molecule has 190 valence electrons. The van der Waals surface area contributed by atoms with Gasteiger partial charge in [0.15, 0.2) is 0 Å². The SMILES string of the molecule is CCCCCCCCCCCCCCCC(=O)N1CCC[N+](C)(Cc2ccccc2)CC1.[Br-]. The van der Waals surface area contributed by atoms with Crippen LogP contribution >= 0.6 is 0 Å². The highest BCUT2D eigenvalue weighted by atomic mass is 79.9. The molecule has 1 aliphatic heterocycles. The van der Waals surface area contributed by atoms with Crippen LogP contribution in [0.15, 0.2) is 30.3 Å². The van der Waals surface area contributed by atoms with E-state index in [0.29, 0.717) is 5.91 Å². The molecule has 0 aliphatic carbocycles. The lowest BCUT2D eigenvalue weighted by Crippen LogP contribution is -3.00. The highest BCUT2D eigenvalue weighted by molar-refractivity contribution is 5.76. The number of nitrogens with zero attached hydrogens (tertiary/aromatic N) is 2. The van der Waals surface area contributed by atoms with Gasteiger partial charge in [0, 0.05) is 24.9 Å². The molecule has 0 bridgehead atoms. The number of halogens is 1. The lowest BCUT2D eigenvalue weighted by Gasteiger charge is -2.33. The largest absolute Gasteiger partial charge is 1.00 e. The first-order valence-corrected chi connectivity index (χ1v) is 13.8. The number of carbonyl (C=O) groups excluding carboxylic acids is 1. The van der Waals surface area contributed by atoms with E-state index in [1.165, 1.54) is 82.6 Å². The Morgan fingerprint density at radius 1 is 0.788 bits per heavy atom. The van der Waals surface area contributed by atoms with E-state index in [4.69, 9.17) is 0 Å². The van der Waals surface area contributed by atoms with Crippen LogP contribution in [-0.4, -0.2) is 48.5 Å². The molecule has 1 aromatic rings. The van der Waals surface area contributed by atoms with E-state index in [-0.39, 0.29) is 17.0 Å². The summed E-state index contributed by atoms with van der Waals surface area (Å²) in [7, 11) is 2.35. The van der Waals surface area contributed by atoms with Gasteiger partial charge in [-0.25, -0.2) is 0 Å². The Morgan fingerprint density at radius 3 is 1.91 bits per heavy atom. The molecule has 0 spiro atoms. The van der Waals surface area contributed by atoms with Gasteiger partial charge in [-0.3, -0.25) is 4.79 Å². The fourth-order valence-corrected chi connectivity index (χ4v) is 5.11. The van der Waals surface area contributed by atoms with Crippen molar-refractivity contribution in [2.75, 3.05) is 33.2 Å². The molecule has 1 heterocycles. The first kappa shape index (κ1) is 30.2. The van der Waals surface area contributed by atoms with Crippen LogP contribution in [0.3, 0.4) is 0 Å². The van der Waals surface area contributed by atoms with Crippen LogP contribution < -0.4 is 17.0 Å². The van der Waals surface area contributed by atoms with Gasteiger partial charge in [0.25, 0.3) is 0 Å². The minimum Gasteiger partial charge on any atom is -1.00 e. The van der Waals surface area contributed by atoms with Crippen molar-refractivity contribution < 1.29 is 26.3 Å². The Balaban J connectivity index is 0.00000544. The third kappa shape index (κ3) is 13.6. The summed E-state index contributed by atoms with van der Waals surface area (Å²) in [5.74, 6) is 0.390. The van der Waals surface area contributed by atoms with Crippen molar-refractivity contribution in [3.63, 3.8) is 0 Å². The number of amides is 1. The summed E-state index contributed by atoms with van der Waals surface area (Å²) in [6.07, 6.45) is 19.5. The van der Waals surface area contributed by atoms with E-state index in [0.717, 1.165) is 56.5 Å². The van der Waals surface area contributed by atoms with Crippen molar-refractivity contribution in [2.45, 2.75) is 110 Å². The molecule has 2 rings (SSSR count). The van der Waals surface area contributed by atoms with Gasteiger partial charge in [0.05, 0.1) is 26.7 Å². The van der Waals surface area contributed by atoms with Crippen molar-refractivity contribution in [1.29, 1.82) is 0 Å². The van der Waals surface area contributed by atoms with Gasteiger partial charge in [0.1, 0.15) is 6.54 Å². The Hall–Kier alpha value is -0.870. The molecule has 1 atom stereocenters. The minimum absolute atomic E-state index is 0. The summed E-state index contributed by atoms with van der Waals surface area (Å²) < 4.78 is 1.05. The minimum atomic E-state index is 0. The summed E-state index contributed by atoms with van der Waals surface area (Å²) >= 11 is 0. The van der Waals surface area contributed by atoms with E-state index in [1.54, 1.807) is 0 Å². The Morgan fingerprint density at radius 2 is 1.33 bits per heavy atom. The number of likely N-dealkylation sites (N-methyl/N-ethyl adjacent to an activating group) is 1. The third-order valence-electron chi connectivity index (χ3n) is 7.29. The average Bonchev–Trinajstić information content (AvgIpc) is 2.99. The maximum absolute atomic E-state index is 12.7. The van der Waals surface area contributed by atoms with E-state index < -0.39 is 0 Å². The average molecular weight is 524 g/mol. The molecule has 0 saturated carbocycles. The normalized spacial score (nSPS) is 18.5. The van der Waals surface area contributed by atoms with Crippen LogP contribution in [0.1, 0.15) is 109 Å². The molecule has 0 aromatic heterocycles. The zero-order valence-corrected chi connectivity index (χ0v) is 23.3. The maximum Gasteiger partial charge on any atom is 0.222 e. The summed E-state index contributed by atoms with van der Waals surface area (Å²) in [5.41, 5.74) is 1.40. The molecule has 1 unspecified atom stereocenters. The molecular formula is C29H51BrN2O. The Bertz CT molecular complexity index is 609. The lowest BCUT2D eigenvalue weighted by molar-refractivity contribution is -0.920. The second-order valence-corrected chi connectivity index (χ2v) is 10.4. The van der Waals surface area contributed by atoms with Gasteiger partial charge in [-0.05, 0) is 6.42 Å². The second kappa shape index (κ2) is 18.5. The topological polar surface area (TPSA) is 20.3 Å². The lowest BCUT2D eigenvalue weighted by atomic mass is 10.0. The highest BCUT2D eigenvalue weighted by Crippen LogP contribution is 2.18. The molecule has 1 amide bonds. The molecule has 0 radical (unpaired) electrons. The van der Waals surface area contributed by atoms with Crippen LogP contribution in [-0.2, 0) is 11.3 Å². The zero-order valence-electron chi connectivity index (χ0n) is 21.7. The quantitative estimate of drug-likeness (QED) is 0.233. The number of benzene rings is 1. The van der Waals surface area contributed by atoms with Crippen molar-refractivity contribution >= 4 is 5.91 Å². The molecule has 1 saturated heterocycles. The number of carbonyl (C=O) groups is 1. The van der Waals surface area contributed by atoms with E-state index in [2.05, 4.69) is 49.2 Å². The van der Waals surface area contributed by atoms with E-state index in [9.17, 15) is 4.79 Å². The Kier molecular flexibility index (Phi) is 16.9. The predicted molar refractivity (Wildman–Crippen MR) is 138 cm³/mol. The van der Waals surface area contributed by atoms with Crippen LogP contribution in [0, 0.1) is 0 Å². The van der Waals surface area contributed by atoms with Crippen LogP contribution in [0.4, 0.5) is 0 Å². The highest BCUT2D eigenvalue weighted by Gasteiger charge is 2.28. The molecule has 4 heteroatoms. The summed E-state index contributed by atoms with van der Waals surface area (Å²) in [4.78, 5) is 14.9. The number of hydrogen-bond acceptors (Lipinski definition) is 1. The first-order valence-electron chi connectivity index (χ1n) is 13.8. The van der Waals surface area contributed by atoms with Crippen molar-refractivity contribution in [3.05, 3.63) is 35.9 Å². The summed E-state index contributed by atoms with van der Waals surface area (Å²) in [6.45, 7) is 7.45. The molecule has 1 fully saturated rings. The number of hydrogen-bond donors (Lipinski definition) is 0. The van der Waals surface area contributed by atoms with Crippen LogP contribution in [0.5, 0.6) is 0 Å². The molecule has 33 heavy (non-hydrogen) atoms. The third-order valence-corrected chi connectivity index (χ3v) is 7.29. The molecule has 1 aliphatic rings. The molecular weight excluding hydrogens is 472 g/mol. The van der Waals surface area contributed by atoms with Gasteiger partial charge in [0.2, 0.25) is 5.91 Å². The summed E-state index contributed by atoms with van der Waals surface area (Å²) in [6, 6.07) is 10.8. The monoisotopic (exact) mass is 522 g/mol. The second-order valence-electron chi connectivity index (χ2n) is 10.4. The smallest absolute Gasteiger partial charge is 0.222 e. The summed E-state index contributed by atoms with van der Waals surface area (Å²) in [5, 5.41) is 0. The zero-order chi connectivity index (χ0) is 22.9. The fourth-order valence-electron chi connectivity index (χ4n) is 5.11. The van der Waals surface area contributed by atoms with Crippen molar-refractivity contribution in [1.82, 2.24) is 4.90 Å². The van der Waals surface area contributed by atoms with Gasteiger partial charge in [-0.15, -0.1) is 0 Å². The van der Waals surface area contributed by atoms with E-state index in [1.807, 2.05) is 0 Å². The van der Waals surface area contributed by atoms with Crippen molar-refractivity contribution in [2.24, 2.45) is 0 Å². The molecule has 0 N–H and O–H groups in total. The first-order chi connectivity index (χ1) is 15.6. The maximum atomic E-state index is 12.7. The number of unbranched alkanes of at least 4 members (excludes halogenated alkanes) is 12. The number of rotatable bonds is 16. The standard InChI is InChI=1S/C29H51N2O.BrH/c1-3-4-5-6-7-8-9-10-11-12-13-14-18-22-29(32)30-23-19-25-31(2,26-24-30)27-28-20-16-15-17-21-28;/h15-17,20-21H,3-14,18-19,22-27H2,1-2H3;1H/q+1;/p-1. The van der Waals surface area contributed by atoms with E-state index >= 15 is 0 Å². The van der Waals surface area contributed by atoms with Crippen molar-refractivity contribution in [3.8, 4) is 0 Å². The van der Waals surface area contributed by atoms with Crippen LogP contribution in [0.2, 0.25) is 0 Å². The van der Waals surface area contributed by atoms with Gasteiger partial charge in [-0.1, -0.05) is 114 Å². The molecule has 3 nitrogen and oxygen atoms in total. The fraction of sp³-hybridized carbons (Fsp3) is 0.759. The number of quaternary nitrogens is 1. The van der Waals surface area contributed by atoms with Gasteiger partial charge < -0.3 is 26.4 Å². The van der Waals surface area contributed by atoms with Gasteiger partial charge in [-0.2, -0.15) is 0 Å². The molecule has 1 aromatic carbocycles.